The summed E-state index contributed by atoms with van der Waals surface area (Å²) in [6, 6.07) is 14.0. The minimum atomic E-state index is -1.23. The molecule has 2 atom stereocenters. The molecule has 23 heavy (non-hydrogen) atoms. The quantitative estimate of drug-likeness (QED) is 0.688. The van der Waals surface area contributed by atoms with Crippen LogP contribution in [0.1, 0.15) is 11.1 Å². The molecule has 1 heterocycles. The van der Waals surface area contributed by atoms with Gasteiger partial charge in [-0.05, 0) is 41.8 Å². The molecule has 1 aliphatic heterocycles. The molecule has 2 aromatic carbocycles. The third-order valence-corrected chi connectivity index (χ3v) is 4.06. The number of hydrogen-bond donors (Lipinski definition) is 4. The normalized spacial score (nSPS) is 24.5. The molecule has 0 bridgehead atoms. The number of ether oxygens (including phenoxy) is 1. The summed E-state index contributed by atoms with van der Waals surface area (Å²) in [4.78, 5) is 0. The number of morpholine rings is 1. The van der Waals surface area contributed by atoms with Crippen molar-refractivity contribution in [2.24, 2.45) is 0 Å². The molecule has 5 nitrogen and oxygen atoms in total. The lowest BCUT2D eigenvalue weighted by molar-refractivity contribution is -0.221. The Hall–Kier alpha value is -2.08. The zero-order valence-electron chi connectivity index (χ0n) is 12.8. The maximum atomic E-state index is 10.5. The van der Waals surface area contributed by atoms with E-state index in [1.807, 2.05) is 12.1 Å². The van der Waals surface area contributed by atoms with Crippen LogP contribution in [0.2, 0.25) is 0 Å². The van der Waals surface area contributed by atoms with E-state index in [0.717, 1.165) is 17.5 Å². The van der Waals surface area contributed by atoms with Crippen molar-refractivity contribution < 1.29 is 20.1 Å². The van der Waals surface area contributed by atoms with Gasteiger partial charge < -0.3 is 25.4 Å². The van der Waals surface area contributed by atoms with Crippen LogP contribution in [0.3, 0.4) is 0 Å². The van der Waals surface area contributed by atoms with E-state index in [-0.39, 0.29) is 17.5 Å². The smallest absolute Gasteiger partial charge is 0.182 e. The van der Waals surface area contributed by atoms with Crippen molar-refractivity contribution >= 4 is 0 Å². The Morgan fingerprint density at radius 2 is 1.52 bits per heavy atom. The summed E-state index contributed by atoms with van der Waals surface area (Å²) in [7, 11) is 0. The van der Waals surface area contributed by atoms with Crippen LogP contribution >= 0.6 is 0 Å². The largest absolute Gasteiger partial charge is 0.508 e. The number of phenolic OH excluding ortho intramolecular Hbond substituents is 2. The van der Waals surface area contributed by atoms with Crippen molar-refractivity contribution in [1.82, 2.24) is 5.32 Å². The van der Waals surface area contributed by atoms with Crippen LogP contribution in [-0.2, 0) is 17.6 Å². The molecule has 0 amide bonds. The summed E-state index contributed by atoms with van der Waals surface area (Å²) in [6.45, 7) is 0.756. The molecule has 0 saturated carbocycles. The minimum absolute atomic E-state index is 0.125. The SMILES string of the molecule is Oc1ccc(CC2COC(O)(Cc3ccc(O)cc3)CN2)cc1. The van der Waals surface area contributed by atoms with Gasteiger partial charge in [-0.1, -0.05) is 24.3 Å². The molecular formula is C18H21NO4. The van der Waals surface area contributed by atoms with Gasteiger partial charge in [0.05, 0.1) is 13.2 Å². The van der Waals surface area contributed by atoms with Crippen LogP contribution in [0.5, 0.6) is 11.5 Å². The number of phenols is 2. The highest BCUT2D eigenvalue weighted by Crippen LogP contribution is 2.21. The van der Waals surface area contributed by atoms with Gasteiger partial charge in [0.25, 0.3) is 0 Å². The van der Waals surface area contributed by atoms with Gasteiger partial charge in [0.1, 0.15) is 11.5 Å². The molecule has 2 aromatic rings. The van der Waals surface area contributed by atoms with Gasteiger partial charge in [0.15, 0.2) is 5.79 Å². The predicted octanol–water partition coefficient (Wildman–Crippen LogP) is 1.56. The average Bonchev–Trinajstić information content (AvgIpc) is 2.54. The molecule has 4 N–H and O–H groups in total. The standard InChI is InChI=1S/C18H21NO4/c20-16-5-1-13(2-6-16)9-15-11-23-18(22,12-19-15)10-14-3-7-17(21)8-4-14/h1-8,15,19-22H,9-12H2. The van der Waals surface area contributed by atoms with Gasteiger partial charge in [0.2, 0.25) is 0 Å². The van der Waals surface area contributed by atoms with Gasteiger partial charge in [-0.15, -0.1) is 0 Å². The molecule has 122 valence electrons. The zero-order chi connectivity index (χ0) is 16.3. The Bertz CT molecular complexity index is 631. The van der Waals surface area contributed by atoms with Gasteiger partial charge in [-0.25, -0.2) is 0 Å². The topological polar surface area (TPSA) is 82.0 Å². The summed E-state index contributed by atoms with van der Waals surface area (Å²) < 4.78 is 5.69. The summed E-state index contributed by atoms with van der Waals surface area (Å²) in [5.74, 6) is -0.773. The first-order valence-electron chi connectivity index (χ1n) is 7.68. The summed E-state index contributed by atoms with van der Waals surface area (Å²) in [6.07, 6.45) is 1.14. The third-order valence-electron chi connectivity index (χ3n) is 4.06. The van der Waals surface area contributed by atoms with Crippen LogP contribution in [0.25, 0.3) is 0 Å². The molecule has 1 aliphatic rings. The number of aliphatic hydroxyl groups is 1. The summed E-state index contributed by atoms with van der Waals surface area (Å²) >= 11 is 0. The number of rotatable bonds is 4. The van der Waals surface area contributed by atoms with E-state index < -0.39 is 5.79 Å². The van der Waals surface area contributed by atoms with Crippen molar-refractivity contribution in [3.8, 4) is 11.5 Å². The third kappa shape index (κ3) is 4.22. The Labute approximate surface area is 135 Å². The van der Waals surface area contributed by atoms with E-state index in [1.165, 1.54) is 0 Å². The molecule has 0 radical (unpaired) electrons. The van der Waals surface area contributed by atoms with E-state index in [2.05, 4.69) is 5.32 Å². The van der Waals surface area contributed by atoms with Gasteiger partial charge >= 0.3 is 0 Å². The predicted molar refractivity (Wildman–Crippen MR) is 86.3 cm³/mol. The Morgan fingerprint density at radius 1 is 0.957 bits per heavy atom. The molecular weight excluding hydrogens is 294 g/mol. The number of aromatic hydroxyl groups is 2. The maximum Gasteiger partial charge on any atom is 0.182 e. The van der Waals surface area contributed by atoms with E-state index in [1.54, 1.807) is 36.4 Å². The lowest BCUT2D eigenvalue weighted by atomic mass is 10.0. The Balaban J connectivity index is 1.54. The Morgan fingerprint density at radius 3 is 2.04 bits per heavy atom. The van der Waals surface area contributed by atoms with Gasteiger partial charge in [0, 0.05) is 12.5 Å². The molecule has 0 aromatic heterocycles. The molecule has 2 unspecified atom stereocenters. The maximum absolute atomic E-state index is 10.5. The average molecular weight is 315 g/mol. The van der Waals surface area contributed by atoms with Crippen molar-refractivity contribution in [3.63, 3.8) is 0 Å². The van der Waals surface area contributed by atoms with Gasteiger partial charge in [-0.2, -0.15) is 0 Å². The fourth-order valence-electron chi connectivity index (χ4n) is 2.76. The number of benzene rings is 2. The van der Waals surface area contributed by atoms with Crippen LogP contribution in [-0.4, -0.2) is 40.3 Å². The second kappa shape index (κ2) is 6.58. The van der Waals surface area contributed by atoms with Crippen molar-refractivity contribution in [1.29, 1.82) is 0 Å². The second-order valence-corrected chi connectivity index (χ2v) is 6.05. The van der Waals surface area contributed by atoms with E-state index in [0.29, 0.717) is 19.6 Å². The number of hydrogen-bond acceptors (Lipinski definition) is 5. The monoisotopic (exact) mass is 315 g/mol. The molecule has 1 saturated heterocycles. The summed E-state index contributed by atoms with van der Waals surface area (Å²) in [5.41, 5.74) is 2.01. The van der Waals surface area contributed by atoms with Crippen LogP contribution in [0.15, 0.2) is 48.5 Å². The van der Waals surface area contributed by atoms with Crippen LogP contribution in [0, 0.1) is 0 Å². The van der Waals surface area contributed by atoms with Crippen LogP contribution in [0.4, 0.5) is 0 Å². The lowest BCUT2D eigenvalue weighted by Gasteiger charge is -2.37. The van der Waals surface area contributed by atoms with Crippen molar-refractivity contribution in [2.45, 2.75) is 24.7 Å². The molecule has 1 fully saturated rings. The number of β-amino-alcohol motifs (C(OH)–C–C–N with tert-alkyl or cyclic N) is 1. The zero-order valence-corrected chi connectivity index (χ0v) is 12.8. The van der Waals surface area contributed by atoms with E-state index >= 15 is 0 Å². The van der Waals surface area contributed by atoms with Crippen LogP contribution < -0.4 is 5.32 Å². The lowest BCUT2D eigenvalue weighted by Crippen LogP contribution is -2.56. The fraction of sp³-hybridized carbons (Fsp3) is 0.333. The first-order valence-corrected chi connectivity index (χ1v) is 7.68. The molecule has 0 spiro atoms. The summed E-state index contributed by atoms with van der Waals surface area (Å²) in [5, 5.41) is 32.4. The number of nitrogens with one attached hydrogen (secondary N) is 1. The molecule has 0 aliphatic carbocycles. The highest BCUT2D eigenvalue weighted by Gasteiger charge is 2.34. The first-order chi connectivity index (χ1) is 11.0. The fourth-order valence-corrected chi connectivity index (χ4v) is 2.76. The van der Waals surface area contributed by atoms with Gasteiger partial charge in [-0.3, -0.25) is 0 Å². The van der Waals surface area contributed by atoms with Crippen molar-refractivity contribution in [2.75, 3.05) is 13.2 Å². The minimum Gasteiger partial charge on any atom is -0.508 e. The highest BCUT2D eigenvalue weighted by molar-refractivity contribution is 5.27. The highest BCUT2D eigenvalue weighted by atomic mass is 16.6. The van der Waals surface area contributed by atoms with Crippen molar-refractivity contribution in [3.05, 3.63) is 59.7 Å². The van der Waals surface area contributed by atoms with E-state index in [9.17, 15) is 15.3 Å². The molecule has 5 heteroatoms. The second-order valence-electron chi connectivity index (χ2n) is 6.05. The Kier molecular flexibility index (Phi) is 4.52. The van der Waals surface area contributed by atoms with E-state index in [4.69, 9.17) is 4.74 Å². The molecule has 3 rings (SSSR count). The first kappa shape index (κ1) is 15.8.